The fraction of sp³-hybridized carbons (Fsp3) is 0.714. The second-order valence-corrected chi connectivity index (χ2v) is 5.35. The Morgan fingerprint density at radius 2 is 2.29 bits per heavy atom. The van der Waals surface area contributed by atoms with Crippen molar-refractivity contribution >= 4 is 0 Å². The minimum absolute atomic E-state index is 0.691. The lowest BCUT2D eigenvalue weighted by Crippen LogP contribution is -2.39. The topological polar surface area (TPSA) is 28.4 Å². The van der Waals surface area contributed by atoms with E-state index >= 15 is 0 Å². The quantitative estimate of drug-likeness (QED) is 0.871. The summed E-state index contributed by atoms with van der Waals surface area (Å²) < 4.78 is 5.51. The zero-order valence-corrected chi connectivity index (χ0v) is 11.2. The summed E-state index contributed by atoms with van der Waals surface area (Å²) in [5.74, 6) is 1.96. The summed E-state index contributed by atoms with van der Waals surface area (Å²) in [6, 6.07) is 2.80. The van der Waals surface area contributed by atoms with E-state index in [2.05, 4.69) is 30.1 Å². The van der Waals surface area contributed by atoms with Gasteiger partial charge in [0.1, 0.15) is 5.76 Å². The first-order valence-electron chi connectivity index (χ1n) is 6.64. The third kappa shape index (κ3) is 3.11. The first-order chi connectivity index (χ1) is 8.20. The van der Waals surface area contributed by atoms with E-state index in [4.69, 9.17) is 4.42 Å². The molecule has 0 spiro atoms. The second-order valence-electron chi connectivity index (χ2n) is 5.35. The summed E-state index contributed by atoms with van der Waals surface area (Å²) in [5.41, 5.74) is 1.33. The lowest BCUT2D eigenvalue weighted by atomic mass is 9.93. The van der Waals surface area contributed by atoms with Gasteiger partial charge >= 0.3 is 0 Å². The summed E-state index contributed by atoms with van der Waals surface area (Å²) in [4.78, 5) is 2.57. The fourth-order valence-corrected chi connectivity index (χ4v) is 2.73. The van der Waals surface area contributed by atoms with Crippen molar-refractivity contribution in [3.8, 4) is 0 Å². The molecule has 96 valence electrons. The van der Waals surface area contributed by atoms with E-state index in [9.17, 15) is 0 Å². The van der Waals surface area contributed by atoms with Crippen LogP contribution in [0.1, 0.15) is 38.0 Å². The van der Waals surface area contributed by atoms with E-state index in [1.165, 1.54) is 24.9 Å². The Hall–Kier alpha value is -0.800. The summed E-state index contributed by atoms with van der Waals surface area (Å²) in [6.45, 7) is 7.76. The molecule has 1 aliphatic rings. The van der Waals surface area contributed by atoms with Crippen molar-refractivity contribution in [3.63, 3.8) is 0 Å². The SMILES string of the molecule is CNCc1occc1CN1CCC(C)CC1C. The lowest BCUT2D eigenvalue weighted by molar-refractivity contribution is 0.121. The Kier molecular flexibility index (Phi) is 4.24. The van der Waals surface area contributed by atoms with Gasteiger partial charge in [0.25, 0.3) is 0 Å². The number of hydrogen-bond acceptors (Lipinski definition) is 3. The third-order valence-corrected chi connectivity index (χ3v) is 3.82. The number of hydrogen-bond donors (Lipinski definition) is 1. The first kappa shape index (κ1) is 12.7. The molecule has 0 saturated carbocycles. The Balaban J connectivity index is 1.97. The van der Waals surface area contributed by atoms with Crippen molar-refractivity contribution in [3.05, 3.63) is 23.7 Å². The van der Waals surface area contributed by atoms with Crippen molar-refractivity contribution in [2.75, 3.05) is 13.6 Å². The molecule has 3 heteroatoms. The summed E-state index contributed by atoms with van der Waals surface area (Å²) >= 11 is 0. The molecule has 0 aliphatic carbocycles. The van der Waals surface area contributed by atoms with E-state index in [1.807, 2.05) is 7.05 Å². The molecule has 0 bridgehead atoms. The van der Waals surface area contributed by atoms with Gasteiger partial charge in [-0.25, -0.2) is 0 Å². The zero-order chi connectivity index (χ0) is 12.3. The van der Waals surface area contributed by atoms with Crippen LogP contribution in [0.5, 0.6) is 0 Å². The van der Waals surface area contributed by atoms with Crippen molar-refractivity contribution in [2.45, 2.75) is 45.8 Å². The number of rotatable bonds is 4. The van der Waals surface area contributed by atoms with E-state index < -0.39 is 0 Å². The second kappa shape index (κ2) is 5.69. The van der Waals surface area contributed by atoms with Crippen molar-refractivity contribution in [1.29, 1.82) is 0 Å². The first-order valence-corrected chi connectivity index (χ1v) is 6.64. The van der Waals surface area contributed by atoms with Gasteiger partial charge in [0.2, 0.25) is 0 Å². The average molecular weight is 236 g/mol. The monoisotopic (exact) mass is 236 g/mol. The third-order valence-electron chi connectivity index (χ3n) is 3.82. The summed E-state index contributed by atoms with van der Waals surface area (Å²) in [6.07, 6.45) is 4.45. The molecule has 1 N–H and O–H groups in total. The molecular formula is C14H24N2O. The maximum atomic E-state index is 5.51. The van der Waals surface area contributed by atoms with Crippen molar-refractivity contribution in [2.24, 2.45) is 5.92 Å². The molecular weight excluding hydrogens is 212 g/mol. The van der Waals surface area contributed by atoms with Gasteiger partial charge in [0.05, 0.1) is 12.8 Å². The number of piperidine rings is 1. The molecule has 1 aromatic heterocycles. The highest BCUT2D eigenvalue weighted by Crippen LogP contribution is 2.24. The molecule has 2 atom stereocenters. The van der Waals surface area contributed by atoms with Crippen LogP contribution in [0.15, 0.2) is 16.7 Å². The van der Waals surface area contributed by atoms with Crippen LogP contribution in [0.2, 0.25) is 0 Å². The van der Waals surface area contributed by atoms with Crippen LogP contribution in [0.4, 0.5) is 0 Å². The Bertz CT molecular complexity index is 348. The minimum Gasteiger partial charge on any atom is -0.468 e. The average Bonchev–Trinajstić information content (AvgIpc) is 2.71. The van der Waals surface area contributed by atoms with Gasteiger partial charge in [-0.15, -0.1) is 0 Å². The smallest absolute Gasteiger partial charge is 0.122 e. The number of likely N-dealkylation sites (tertiary alicyclic amines) is 1. The van der Waals surface area contributed by atoms with Crippen LogP contribution in [-0.4, -0.2) is 24.5 Å². The highest BCUT2D eigenvalue weighted by molar-refractivity contribution is 5.17. The largest absolute Gasteiger partial charge is 0.468 e. The van der Waals surface area contributed by atoms with Crippen molar-refractivity contribution < 1.29 is 4.42 Å². The van der Waals surface area contributed by atoms with Crippen LogP contribution in [0.3, 0.4) is 0 Å². The summed E-state index contributed by atoms with van der Waals surface area (Å²) in [5, 5.41) is 3.15. The zero-order valence-electron chi connectivity index (χ0n) is 11.2. The molecule has 0 amide bonds. The van der Waals surface area contributed by atoms with Gasteiger partial charge < -0.3 is 9.73 Å². The molecule has 1 saturated heterocycles. The summed E-state index contributed by atoms with van der Waals surface area (Å²) in [7, 11) is 1.96. The predicted molar refractivity (Wildman–Crippen MR) is 69.7 cm³/mol. The van der Waals surface area contributed by atoms with Gasteiger partial charge in [-0.3, -0.25) is 4.90 Å². The highest BCUT2D eigenvalue weighted by Gasteiger charge is 2.23. The molecule has 17 heavy (non-hydrogen) atoms. The van der Waals surface area contributed by atoms with Gasteiger partial charge in [0, 0.05) is 18.2 Å². The Morgan fingerprint density at radius 1 is 1.47 bits per heavy atom. The molecule has 0 aromatic carbocycles. The van der Waals surface area contributed by atoms with E-state index in [0.717, 1.165) is 24.8 Å². The fourth-order valence-electron chi connectivity index (χ4n) is 2.73. The standard InChI is InChI=1S/C14H24N2O/c1-11-4-6-16(12(2)8-11)10-13-5-7-17-14(13)9-15-3/h5,7,11-12,15H,4,6,8-10H2,1-3H3. The van der Waals surface area contributed by atoms with Crippen LogP contribution in [-0.2, 0) is 13.1 Å². The number of nitrogens with zero attached hydrogens (tertiary/aromatic N) is 1. The number of furan rings is 1. The molecule has 1 fully saturated rings. The van der Waals surface area contributed by atoms with E-state index in [0.29, 0.717) is 6.04 Å². The van der Waals surface area contributed by atoms with Gasteiger partial charge in [-0.05, 0) is 45.3 Å². The number of nitrogens with one attached hydrogen (secondary N) is 1. The van der Waals surface area contributed by atoms with E-state index in [-0.39, 0.29) is 0 Å². The van der Waals surface area contributed by atoms with E-state index in [1.54, 1.807) is 6.26 Å². The lowest BCUT2D eigenvalue weighted by Gasteiger charge is -2.36. The molecule has 1 aliphatic heterocycles. The minimum atomic E-state index is 0.691. The van der Waals surface area contributed by atoms with Crippen LogP contribution in [0.25, 0.3) is 0 Å². The Morgan fingerprint density at radius 3 is 3.00 bits per heavy atom. The van der Waals surface area contributed by atoms with Gasteiger partial charge in [-0.2, -0.15) is 0 Å². The van der Waals surface area contributed by atoms with Crippen LogP contribution >= 0.6 is 0 Å². The van der Waals surface area contributed by atoms with Crippen molar-refractivity contribution in [1.82, 2.24) is 10.2 Å². The van der Waals surface area contributed by atoms with Crippen LogP contribution < -0.4 is 5.32 Å². The van der Waals surface area contributed by atoms with Gasteiger partial charge in [-0.1, -0.05) is 6.92 Å². The molecule has 2 heterocycles. The molecule has 3 nitrogen and oxygen atoms in total. The molecule has 0 radical (unpaired) electrons. The molecule has 2 unspecified atom stereocenters. The normalized spacial score (nSPS) is 26.3. The predicted octanol–water partition coefficient (Wildman–Crippen LogP) is 2.62. The highest BCUT2D eigenvalue weighted by atomic mass is 16.3. The van der Waals surface area contributed by atoms with Crippen LogP contribution in [0, 0.1) is 5.92 Å². The van der Waals surface area contributed by atoms with Gasteiger partial charge in [0.15, 0.2) is 0 Å². The molecule has 1 aromatic rings. The maximum Gasteiger partial charge on any atom is 0.122 e. The Labute approximate surface area is 104 Å². The maximum absolute atomic E-state index is 5.51. The molecule has 2 rings (SSSR count).